The van der Waals surface area contributed by atoms with E-state index >= 15 is 0 Å². The predicted octanol–water partition coefficient (Wildman–Crippen LogP) is 5.77. The second-order valence-corrected chi connectivity index (χ2v) is 7.74. The summed E-state index contributed by atoms with van der Waals surface area (Å²) in [4.78, 5) is 29.2. The molecule has 0 unspecified atom stereocenters. The zero-order chi connectivity index (χ0) is 25.9. The fourth-order valence-corrected chi connectivity index (χ4v) is 3.50. The van der Waals surface area contributed by atoms with E-state index in [2.05, 4.69) is 38.6 Å². The summed E-state index contributed by atoms with van der Waals surface area (Å²) in [5.41, 5.74) is 5.34. The molecule has 0 saturated heterocycles. The van der Waals surface area contributed by atoms with E-state index in [-0.39, 0.29) is 5.91 Å². The van der Waals surface area contributed by atoms with Gasteiger partial charge in [0.15, 0.2) is 0 Å². The molecule has 0 radical (unpaired) electrons. The topological polar surface area (TPSA) is 88.8 Å². The Bertz CT molecular complexity index is 1340. The summed E-state index contributed by atoms with van der Waals surface area (Å²) in [6.07, 6.45) is 12.0. The van der Waals surface area contributed by atoms with Crippen molar-refractivity contribution >= 4 is 30.3 Å². The first-order valence-corrected chi connectivity index (χ1v) is 11.3. The molecule has 0 aliphatic rings. The molecule has 0 atom stereocenters. The molecule has 0 fully saturated rings. The molecule has 0 spiro atoms. The van der Waals surface area contributed by atoms with Crippen LogP contribution in [0.1, 0.15) is 28.4 Å². The predicted molar refractivity (Wildman–Crippen MR) is 147 cm³/mol. The van der Waals surface area contributed by atoms with Crippen LogP contribution < -0.4 is 10.1 Å². The van der Waals surface area contributed by atoms with Gasteiger partial charge in [-0.2, -0.15) is 0 Å². The molecule has 0 saturated carbocycles. The smallest absolute Gasteiger partial charge is 0.251 e. The minimum absolute atomic E-state index is 0.205. The third kappa shape index (κ3) is 6.27. The molecule has 1 aromatic heterocycles. The van der Waals surface area contributed by atoms with Crippen molar-refractivity contribution < 1.29 is 9.53 Å². The number of carbonyl (C=O) groups excluding carboxylic acids is 1. The highest BCUT2D eigenvalue weighted by Crippen LogP contribution is 2.34. The van der Waals surface area contributed by atoms with Crippen molar-refractivity contribution in [2.75, 3.05) is 13.6 Å². The summed E-state index contributed by atoms with van der Waals surface area (Å²) in [6, 6.07) is 11.2. The first kappa shape index (κ1) is 26.0. The standard InChI is InChI=1S/C29H29N5O2/c1-6-21(13-14-30-4)16-34-29(35)24-9-8-10-28(20(24)3)36-27(7-2)25-12-11-22(15-26(25)31-5)23-17-32-19-33-18-23/h6-15,17-19H,1,5,16H2,2-4H3,(H,34,35)/b21-13+,27-7+,30-14?. The maximum atomic E-state index is 12.9. The van der Waals surface area contributed by atoms with Gasteiger partial charge < -0.3 is 10.1 Å². The van der Waals surface area contributed by atoms with E-state index in [1.807, 2.05) is 44.2 Å². The number of aliphatic imine (C=N–C) groups is 2. The molecule has 1 heterocycles. The number of rotatable bonds is 10. The lowest BCUT2D eigenvalue weighted by Gasteiger charge is -2.16. The van der Waals surface area contributed by atoms with Gasteiger partial charge in [-0.1, -0.05) is 24.8 Å². The average molecular weight is 480 g/mol. The first-order valence-electron chi connectivity index (χ1n) is 11.3. The highest BCUT2D eigenvalue weighted by molar-refractivity contribution is 5.96. The van der Waals surface area contributed by atoms with Crippen LogP contribution in [0.4, 0.5) is 5.69 Å². The van der Waals surface area contributed by atoms with E-state index in [9.17, 15) is 4.79 Å². The van der Waals surface area contributed by atoms with Crippen molar-refractivity contribution in [1.82, 2.24) is 15.3 Å². The highest BCUT2D eigenvalue weighted by Gasteiger charge is 2.16. The lowest BCUT2D eigenvalue weighted by Crippen LogP contribution is -2.26. The average Bonchev–Trinajstić information content (AvgIpc) is 2.92. The van der Waals surface area contributed by atoms with Crippen LogP contribution in [0, 0.1) is 6.92 Å². The van der Waals surface area contributed by atoms with Crippen LogP contribution in [0.2, 0.25) is 0 Å². The number of ether oxygens (including phenoxy) is 1. The van der Waals surface area contributed by atoms with E-state index in [0.717, 1.165) is 27.8 Å². The monoisotopic (exact) mass is 479 g/mol. The van der Waals surface area contributed by atoms with Gasteiger partial charge in [0.05, 0.1) is 5.69 Å². The van der Waals surface area contributed by atoms with Gasteiger partial charge >= 0.3 is 0 Å². The number of amides is 1. The molecule has 3 rings (SSSR count). The number of nitrogens with zero attached hydrogens (tertiary/aromatic N) is 4. The van der Waals surface area contributed by atoms with Crippen molar-refractivity contribution in [2.24, 2.45) is 9.98 Å². The van der Waals surface area contributed by atoms with Crippen LogP contribution >= 0.6 is 0 Å². The number of aromatic nitrogens is 2. The van der Waals surface area contributed by atoms with Gasteiger partial charge in [-0.3, -0.25) is 14.8 Å². The van der Waals surface area contributed by atoms with Crippen LogP contribution in [0.5, 0.6) is 5.75 Å². The molecule has 0 bridgehead atoms. The van der Waals surface area contributed by atoms with Crippen LogP contribution in [0.3, 0.4) is 0 Å². The van der Waals surface area contributed by atoms with E-state index in [4.69, 9.17) is 4.74 Å². The molecular formula is C29H29N5O2. The van der Waals surface area contributed by atoms with E-state index in [1.165, 1.54) is 6.33 Å². The zero-order valence-corrected chi connectivity index (χ0v) is 20.7. The highest BCUT2D eigenvalue weighted by atomic mass is 16.5. The Hall–Kier alpha value is -4.65. The van der Waals surface area contributed by atoms with Crippen LogP contribution in [-0.4, -0.2) is 42.4 Å². The molecule has 0 aliphatic heterocycles. The fraction of sp³-hybridized carbons (Fsp3) is 0.138. The van der Waals surface area contributed by atoms with Crippen LogP contribution in [0.15, 0.2) is 95.5 Å². The lowest BCUT2D eigenvalue weighted by molar-refractivity contribution is 0.0956. The third-order valence-corrected chi connectivity index (χ3v) is 5.49. The van der Waals surface area contributed by atoms with E-state index in [0.29, 0.717) is 29.3 Å². The summed E-state index contributed by atoms with van der Waals surface area (Å²) in [6.45, 7) is 11.6. The van der Waals surface area contributed by atoms with Crippen molar-refractivity contribution in [2.45, 2.75) is 13.8 Å². The van der Waals surface area contributed by atoms with Gasteiger partial charge in [-0.25, -0.2) is 9.97 Å². The van der Waals surface area contributed by atoms with E-state index in [1.54, 1.807) is 49.9 Å². The molecule has 7 nitrogen and oxygen atoms in total. The Balaban J connectivity index is 1.84. The number of nitrogens with one attached hydrogen (secondary N) is 1. The Morgan fingerprint density at radius 1 is 1.14 bits per heavy atom. The van der Waals surface area contributed by atoms with Gasteiger partial charge in [0.1, 0.15) is 17.8 Å². The minimum atomic E-state index is -0.205. The fourth-order valence-electron chi connectivity index (χ4n) is 3.50. The third-order valence-electron chi connectivity index (χ3n) is 5.49. The van der Waals surface area contributed by atoms with Gasteiger partial charge in [-0.15, -0.1) is 0 Å². The van der Waals surface area contributed by atoms with Crippen molar-refractivity contribution in [3.63, 3.8) is 0 Å². The summed E-state index contributed by atoms with van der Waals surface area (Å²) >= 11 is 0. The summed E-state index contributed by atoms with van der Waals surface area (Å²) in [5.74, 6) is 0.970. The normalized spacial score (nSPS) is 11.9. The zero-order valence-electron chi connectivity index (χ0n) is 20.7. The Morgan fingerprint density at radius 2 is 1.92 bits per heavy atom. The lowest BCUT2D eigenvalue weighted by atomic mass is 10.0. The van der Waals surface area contributed by atoms with Gasteiger partial charge in [0.25, 0.3) is 5.91 Å². The van der Waals surface area contributed by atoms with Crippen molar-refractivity contribution in [1.29, 1.82) is 0 Å². The summed E-state index contributed by atoms with van der Waals surface area (Å²) in [7, 11) is 1.68. The summed E-state index contributed by atoms with van der Waals surface area (Å²) < 4.78 is 6.28. The molecular weight excluding hydrogens is 450 g/mol. The van der Waals surface area contributed by atoms with Crippen molar-refractivity contribution in [3.8, 4) is 16.9 Å². The molecule has 7 heteroatoms. The molecule has 0 aliphatic carbocycles. The Labute approximate surface area is 211 Å². The largest absolute Gasteiger partial charge is 0.457 e. The first-order chi connectivity index (χ1) is 17.5. The van der Waals surface area contributed by atoms with Gasteiger partial charge in [-0.05, 0) is 68.1 Å². The Morgan fingerprint density at radius 3 is 2.58 bits per heavy atom. The summed E-state index contributed by atoms with van der Waals surface area (Å²) in [5, 5.41) is 2.92. The molecule has 36 heavy (non-hydrogen) atoms. The van der Waals surface area contributed by atoms with Crippen LogP contribution in [-0.2, 0) is 0 Å². The minimum Gasteiger partial charge on any atom is -0.457 e. The maximum Gasteiger partial charge on any atom is 0.251 e. The van der Waals surface area contributed by atoms with Gasteiger partial charge in [0, 0.05) is 54.5 Å². The number of allylic oxidation sites excluding steroid dienone is 2. The molecule has 1 N–H and O–H groups in total. The van der Waals surface area contributed by atoms with Crippen molar-refractivity contribution in [3.05, 3.63) is 102 Å². The second-order valence-electron chi connectivity index (χ2n) is 7.74. The number of carbonyl (C=O) groups is 1. The second kappa shape index (κ2) is 12.7. The number of hydrogen-bond donors (Lipinski definition) is 1. The molecule has 3 aromatic rings. The molecule has 1 amide bonds. The van der Waals surface area contributed by atoms with Crippen LogP contribution in [0.25, 0.3) is 16.9 Å². The maximum absolute atomic E-state index is 12.9. The molecule has 182 valence electrons. The van der Waals surface area contributed by atoms with Gasteiger partial charge in [0.2, 0.25) is 0 Å². The number of benzene rings is 2. The Kier molecular flexibility index (Phi) is 9.17. The van der Waals surface area contributed by atoms with E-state index < -0.39 is 0 Å². The quantitative estimate of drug-likeness (QED) is 0.227. The number of hydrogen-bond acceptors (Lipinski definition) is 6. The SMILES string of the molecule is C=C/C(=C\C=NC)CNC(=O)c1cccc(O/C(=C/C)c2ccc(-c3cncnc3)cc2N=C)c1C. The molecule has 2 aromatic carbocycles.